The minimum Gasteiger partial charge on any atom is -0.318 e. The van der Waals surface area contributed by atoms with Crippen LogP contribution in [0.3, 0.4) is 0 Å². The third-order valence-corrected chi connectivity index (χ3v) is 4.80. The first kappa shape index (κ1) is 16.3. The quantitative estimate of drug-likeness (QED) is 0.730. The molecule has 0 spiro atoms. The third-order valence-electron chi connectivity index (χ3n) is 3.73. The first-order valence-electron chi connectivity index (χ1n) is 7.50. The second kappa shape index (κ2) is 6.88. The summed E-state index contributed by atoms with van der Waals surface area (Å²) in [5.41, 5.74) is 2.50. The molecule has 0 atom stereocenters. The predicted octanol–water partition coefficient (Wildman–Crippen LogP) is 3.55. The molecule has 0 aliphatic rings. The van der Waals surface area contributed by atoms with Crippen molar-refractivity contribution in [2.24, 2.45) is 7.05 Å². The summed E-state index contributed by atoms with van der Waals surface area (Å²) in [7, 11) is 3.59. The number of amides is 1. The van der Waals surface area contributed by atoms with Gasteiger partial charge in [-0.2, -0.15) is 0 Å². The molecule has 6 heteroatoms. The standard InChI is InChI=1S/C18H18N4OS/c1-13-6-8-15(9-7-13)24-18-20-12-16(22(18)3)17(23)21(2)14-5-4-10-19-11-14/h4-12H,1-3H3. The third kappa shape index (κ3) is 3.33. The number of hydrogen-bond donors (Lipinski definition) is 0. The van der Waals surface area contributed by atoms with Gasteiger partial charge in [0.2, 0.25) is 0 Å². The molecule has 0 N–H and O–H groups in total. The van der Waals surface area contributed by atoms with Crippen LogP contribution in [0.1, 0.15) is 16.1 Å². The molecule has 0 saturated heterocycles. The molecular formula is C18H18N4OS. The molecule has 3 rings (SSSR count). The average Bonchev–Trinajstić information content (AvgIpc) is 2.97. The van der Waals surface area contributed by atoms with Gasteiger partial charge in [-0.25, -0.2) is 4.98 Å². The van der Waals surface area contributed by atoms with E-state index in [1.165, 1.54) is 17.3 Å². The zero-order valence-corrected chi connectivity index (χ0v) is 14.6. The van der Waals surface area contributed by atoms with Crippen molar-refractivity contribution < 1.29 is 4.79 Å². The van der Waals surface area contributed by atoms with Crippen molar-refractivity contribution in [3.8, 4) is 0 Å². The lowest BCUT2D eigenvalue weighted by Gasteiger charge is -2.17. The van der Waals surface area contributed by atoms with Gasteiger partial charge in [0.1, 0.15) is 5.69 Å². The van der Waals surface area contributed by atoms with Crippen molar-refractivity contribution >= 4 is 23.4 Å². The Morgan fingerprint density at radius 3 is 2.58 bits per heavy atom. The number of hydrogen-bond acceptors (Lipinski definition) is 4. The van der Waals surface area contributed by atoms with E-state index in [9.17, 15) is 4.79 Å². The molecule has 1 aromatic carbocycles. The van der Waals surface area contributed by atoms with E-state index in [0.717, 1.165) is 15.7 Å². The zero-order valence-electron chi connectivity index (χ0n) is 13.8. The lowest BCUT2D eigenvalue weighted by molar-refractivity contribution is 0.0984. The summed E-state index contributed by atoms with van der Waals surface area (Å²) < 4.78 is 1.82. The number of pyridine rings is 1. The van der Waals surface area contributed by atoms with E-state index < -0.39 is 0 Å². The summed E-state index contributed by atoms with van der Waals surface area (Å²) >= 11 is 1.54. The second-order valence-corrected chi connectivity index (χ2v) is 6.52. The topological polar surface area (TPSA) is 51.0 Å². The van der Waals surface area contributed by atoms with Gasteiger partial charge >= 0.3 is 0 Å². The molecule has 0 fully saturated rings. The summed E-state index contributed by atoms with van der Waals surface area (Å²) in [6.07, 6.45) is 4.96. The first-order chi connectivity index (χ1) is 11.6. The highest BCUT2D eigenvalue weighted by Crippen LogP contribution is 2.27. The van der Waals surface area contributed by atoms with Gasteiger partial charge in [0, 0.05) is 25.2 Å². The van der Waals surface area contributed by atoms with Gasteiger partial charge in [0.15, 0.2) is 5.16 Å². The van der Waals surface area contributed by atoms with Crippen molar-refractivity contribution in [2.75, 3.05) is 11.9 Å². The van der Waals surface area contributed by atoms with Crippen molar-refractivity contribution in [2.45, 2.75) is 17.0 Å². The van der Waals surface area contributed by atoms with Crippen molar-refractivity contribution in [1.82, 2.24) is 14.5 Å². The molecule has 0 radical (unpaired) electrons. The Bertz CT molecular complexity index is 843. The molecular weight excluding hydrogens is 320 g/mol. The van der Waals surface area contributed by atoms with Crippen LogP contribution in [-0.2, 0) is 7.05 Å². The smallest absolute Gasteiger partial charge is 0.276 e. The van der Waals surface area contributed by atoms with Crippen LogP contribution in [0.2, 0.25) is 0 Å². The van der Waals surface area contributed by atoms with E-state index in [1.54, 1.807) is 36.6 Å². The average molecular weight is 338 g/mol. The Kier molecular flexibility index (Phi) is 4.66. The molecule has 3 aromatic rings. The van der Waals surface area contributed by atoms with E-state index in [2.05, 4.69) is 41.2 Å². The second-order valence-electron chi connectivity index (χ2n) is 5.48. The van der Waals surface area contributed by atoms with Gasteiger partial charge in [-0.05, 0) is 31.2 Å². The largest absolute Gasteiger partial charge is 0.318 e. The first-order valence-corrected chi connectivity index (χ1v) is 8.32. The fourth-order valence-corrected chi connectivity index (χ4v) is 3.06. The van der Waals surface area contributed by atoms with Crippen molar-refractivity contribution in [3.63, 3.8) is 0 Å². The molecule has 0 unspecified atom stereocenters. The Morgan fingerprint density at radius 2 is 1.92 bits per heavy atom. The minimum absolute atomic E-state index is 0.117. The number of rotatable bonds is 4. The summed E-state index contributed by atoms with van der Waals surface area (Å²) in [4.78, 5) is 23.8. The molecule has 2 heterocycles. The van der Waals surface area contributed by atoms with Gasteiger partial charge in [-0.3, -0.25) is 9.78 Å². The zero-order chi connectivity index (χ0) is 17.1. The summed E-state index contributed by atoms with van der Waals surface area (Å²) in [6, 6.07) is 11.9. The Morgan fingerprint density at radius 1 is 1.17 bits per heavy atom. The number of anilines is 1. The number of imidazole rings is 1. The summed E-state index contributed by atoms with van der Waals surface area (Å²) in [5.74, 6) is -0.117. The van der Waals surface area contributed by atoms with Crippen LogP contribution in [-0.4, -0.2) is 27.5 Å². The molecule has 0 saturated carbocycles. The molecule has 1 amide bonds. The SMILES string of the molecule is Cc1ccc(Sc2ncc(C(=O)N(C)c3cccnc3)n2C)cc1. The van der Waals surface area contributed by atoms with Gasteiger partial charge in [0.25, 0.3) is 5.91 Å². The van der Waals surface area contributed by atoms with Gasteiger partial charge in [-0.1, -0.05) is 29.5 Å². The van der Waals surface area contributed by atoms with E-state index in [0.29, 0.717) is 5.69 Å². The molecule has 2 aromatic heterocycles. The molecule has 0 aliphatic heterocycles. The molecule has 122 valence electrons. The van der Waals surface area contributed by atoms with Crippen LogP contribution in [0.4, 0.5) is 5.69 Å². The Labute approximate surface area is 145 Å². The number of aromatic nitrogens is 3. The molecule has 24 heavy (non-hydrogen) atoms. The van der Waals surface area contributed by atoms with Crippen LogP contribution in [0, 0.1) is 6.92 Å². The molecule has 5 nitrogen and oxygen atoms in total. The maximum atomic E-state index is 12.7. The minimum atomic E-state index is -0.117. The van der Waals surface area contributed by atoms with E-state index >= 15 is 0 Å². The lowest BCUT2D eigenvalue weighted by atomic mass is 10.2. The van der Waals surface area contributed by atoms with Crippen LogP contribution in [0.5, 0.6) is 0 Å². The van der Waals surface area contributed by atoms with Crippen LogP contribution in [0.25, 0.3) is 0 Å². The van der Waals surface area contributed by atoms with E-state index in [4.69, 9.17) is 0 Å². The van der Waals surface area contributed by atoms with E-state index in [-0.39, 0.29) is 5.91 Å². The Hall–Kier alpha value is -2.60. The summed E-state index contributed by atoms with van der Waals surface area (Å²) in [6.45, 7) is 2.06. The highest BCUT2D eigenvalue weighted by molar-refractivity contribution is 7.99. The van der Waals surface area contributed by atoms with Crippen LogP contribution >= 0.6 is 11.8 Å². The van der Waals surface area contributed by atoms with Crippen molar-refractivity contribution in [1.29, 1.82) is 0 Å². The number of benzene rings is 1. The lowest BCUT2D eigenvalue weighted by Crippen LogP contribution is -2.28. The van der Waals surface area contributed by atoms with Gasteiger partial charge < -0.3 is 9.47 Å². The normalized spacial score (nSPS) is 10.6. The van der Waals surface area contributed by atoms with Crippen LogP contribution in [0.15, 0.2) is 65.0 Å². The number of nitrogens with zero attached hydrogens (tertiary/aromatic N) is 4. The number of carbonyl (C=O) groups excluding carboxylic acids is 1. The van der Waals surface area contributed by atoms with Gasteiger partial charge in [0.05, 0.1) is 18.1 Å². The van der Waals surface area contributed by atoms with Crippen LogP contribution < -0.4 is 4.90 Å². The number of aryl methyl sites for hydroxylation is 1. The van der Waals surface area contributed by atoms with E-state index in [1.807, 2.05) is 17.7 Å². The Balaban J connectivity index is 1.81. The molecule has 0 bridgehead atoms. The highest BCUT2D eigenvalue weighted by Gasteiger charge is 2.19. The maximum absolute atomic E-state index is 12.7. The monoisotopic (exact) mass is 338 g/mol. The molecule has 0 aliphatic carbocycles. The maximum Gasteiger partial charge on any atom is 0.276 e. The fraction of sp³-hybridized carbons (Fsp3) is 0.167. The van der Waals surface area contributed by atoms with Crippen molar-refractivity contribution in [3.05, 3.63) is 66.2 Å². The highest BCUT2D eigenvalue weighted by atomic mass is 32.2. The number of carbonyl (C=O) groups is 1. The summed E-state index contributed by atoms with van der Waals surface area (Å²) in [5, 5.41) is 0.779. The van der Waals surface area contributed by atoms with Gasteiger partial charge in [-0.15, -0.1) is 0 Å². The predicted molar refractivity (Wildman–Crippen MR) is 95.5 cm³/mol. The fourth-order valence-electron chi connectivity index (χ4n) is 2.24.